The molecule has 122 valence electrons. The van der Waals surface area contributed by atoms with Gasteiger partial charge in [0.1, 0.15) is 18.2 Å². The van der Waals surface area contributed by atoms with Gasteiger partial charge in [0.25, 0.3) is 5.56 Å². The highest BCUT2D eigenvalue weighted by Gasteiger charge is 2.05. The second kappa shape index (κ2) is 7.57. The number of aromatic amines is 1. The first-order valence-corrected chi connectivity index (χ1v) is 7.61. The maximum atomic E-state index is 11.7. The fourth-order valence-electron chi connectivity index (χ4n) is 2.32. The van der Waals surface area contributed by atoms with E-state index in [-0.39, 0.29) is 5.56 Å². The molecule has 0 aliphatic rings. The van der Waals surface area contributed by atoms with E-state index < -0.39 is 0 Å². The van der Waals surface area contributed by atoms with E-state index in [0.717, 1.165) is 16.9 Å². The minimum absolute atomic E-state index is 0.198. The van der Waals surface area contributed by atoms with Crippen LogP contribution in [0.1, 0.15) is 11.3 Å². The summed E-state index contributed by atoms with van der Waals surface area (Å²) in [5.74, 6) is 1.28. The van der Waals surface area contributed by atoms with Crippen LogP contribution in [0.3, 0.4) is 0 Å². The van der Waals surface area contributed by atoms with E-state index in [1.54, 1.807) is 7.11 Å². The Morgan fingerprint density at radius 3 is 2.46 bits per heavy atom. The van der Waals surface area contributed by atoms with Gasteiger partial charge in [0.05, 0.1) is 12.3 Å². The summed E-state index contributed by atoms with van der Waals surface area (Å²) in [7, 11) is 1.57. The molecule has 3 rings (SSSR count). The molecular formula is C19H18N2O3. The highest BCUT2D eigenvalue weighted by Crippen LogP contribution is 2.19. The maximum Gasteiger partial charge on any atom is 0.251 e. The van der Waals surface area contributed by atoms with Crippen LogP contribution in [0.25, 0.3) is 11.4 Å². The topological polar surface area (TPSA) is 64.2 Å². The first kappa shape index (κ1) is 16.0. The van der Waals surface area contributed by atoms with Gasteiger partial charge in [-0.25, -0.2) is 4.98 Å². The average Bonchev–Trinajstić information content (AvgIpc) is 2.61. The molecule has 1 heterocycles. The van der Waals surface area contributed by atoms with Gasteiger partial charge in [0.15, 0.2) is 0 Å². The van der Waals surface area contributed by atoms with Crippen LogP contribution in [0, 0.1) is 0 Å². The van der Waals surface area contributed by atoms with Crippen molar-refractivity contribution in [3.8, 4) is 17.1 Å². The molecule has 0 unspecified atom stereocenters. The summed E-state index contributed by atoms with van der Waals surface area (Å²) in [4.78, 5) is 18.8. The number of nitrogens with zero attached hydrogens (tertiary/aromatic N) is 1. The highest BCUT2D eigenvalue weighted by molar-refractivity contribution is 5.56. The maximum absolute atomic E-state index is 11.7. The van der Waals surface area contributed by atoms with Crippen molar-refractivity contribution >= 4 is 0 Å². The molecule has 1 aromatic heterocycles. The monoisotopic (exact) mass is 322 g/mol. The molecule has 0 amide bonds. The van der Waals surface area contributed by atoms with Gasteiger partial charge in [-0.1, -0.05) is 30.3 Å². The smallest absolute Gasteiger partial charge is 0.251 e. The summed E-state index contributed by atoms with van der Waals surface area (Å²) in [6, 6.07) is 18.9. The highest BCUT2D eigenvalue weighted by atomic mass is 16.5. The standard InChI is InChI=1S/C19H18N2O3/c1-23-13-16-11-18(22)21-19(20-16)15-7-9-17(10-8-15)24-12-14-5-3-2-4-6-14/h2-11H,12-13H2,1H3,(H,20,21,22). The molecule has 0 radical (unpaired) electrons. The molecule has 3 aromatic rings. The van der Waals surface area contributed by atoms with Crippen LogP contribution in [0.15, 0.2) is 65.5 Å². The minimum atomic E-state index is -0.198. The van der Waals surface area contributed by atoms with Crippen LogP contribution in [0.2, 0.25) is 0 Å². The second-order valence-electron chi connectivity index (χ2n) is 5.32. The Morgan fingerprint density at radius 1 is 1.00 bits per heavy atom. The predicted octanol–water partition coefficient (Wildman–Crippen LogP) is 3.16. The Labute approximate surface area is 139 Å². The van der Waals surface area contributed by atoms with Crippen molar-refractivity contribution in [3.05, 3.63) is 82.3 Å². The molecular weight excluding hydrogens is 304 g/mol. The number of hydrogen-bond acceptors (Lipinski definition) is 4. The third-order valence-corrected chi connectivity index (χ3v) is 3.46. The predicted molar refractivity (Wildman–Crippen MR) is 91.8 cm³/mol. The first-order chi connectivity index (χ1) is 11.7. The Hall–Kier alpha value is -2.92. The number of rotatable bonds is 6. The molecule has 0 fully saturated rings. The molecule has 0 saturated carbocycles. The van der Waals surface area contributed by atoms with Gasteiger partial charge in [-0.3, -0.25) is 4.79 Å². The number of methoxy groups -OCH3 is 1. The van der Waals surface area contributed by atoms with E-state index in [9.17, 15) is 4.79 Å². The number of ether oxygens (including phenoxy) is 2. The minimum Gasteiger partial charge on any atom is -0.489 e. The van der Waals surface area contributed by atoms with Gasteiger partial charge >= 0.3 is 0 Å². The van der Waals surface area contributed by atoms with E-state index in [1.807, 2.05) is 54.6 Å². The molecule has 0 aliphatic heterocycles. The van der Waals surface area contributed by atoms with Crippen LogP contribution in [-0.2, 0) is 18.0 Å². The van der Waals surface area contributed by atoms with E-state index in [4.69, 9.17) is 9.47 Å². The Morgan fingerprint density at radius 2 is 1.75 bits per heavy atom. The third kappa shape index (κ3) is 4.08. The van der Waals surface area contributed by atoms with Crippen molar-refractivity contribution in [2.45, 2.75) is 13.2 Å². The van der Waals surface area contributed by atoms with Crippen molar-refractivity contribution < 1.29 is 9.47 Å². The summed E-state index contributed by atoms with van der Waals surface area (Å²) < 4.78 is 10.8. The zero-order valence-electron chi connectivity index (χ0n) is 13.4. The van der Waals surface area contributed by atoms with Gasteiger partial charge in [-0.05, 0) is 29.8 Å². The summed E-state index contributed by atoms with van der Waals surface area (Å²) in [6.45, 7) is 0.813. The molecule has 0 bridgehead atoms. The van der Waals surface area contributed by atoms with Crippen LogP contribution in [0.5, 0.6) is 5.75 Å². The quantitative estimate of drug-likeness (QED) is 0.757. The lowest BCUT2D eigenvalue weighted by Gasteiger charge is -2.08. The second-order valence-corrected chi connectivity index (χ2v) is 5.32. The first-order valence-electron chi connectivity index (χ1n) is 7.61. The fourth-order valence-corrected chi connectivity index (χ4v) is 2.32. The van der Waals surface area contributed by atoms with Gasteiger partial charge in [0.2, 0.25) is 0 Å². The molecule has 0 aliphatic carbocycles. The average molecular weight is 322 g/mol. The van der Waals surface area contributed by atoms with Gasteiger partial charge in [0, 0.05) is 18.7 Å². The third-order valence-electron chi connectivity index (χ3n) is 3.46. The molecule has 24 heavy (non-hydrogen) atoms. The summed E-state index contributed by atoms with van der Waals surface area (Å²) in [6.07, 6.45) is 0. The molecule has 5 nitrogen and oxygen atoms in total. The van der Waals surface area contributed by atoms with E-state index in [0.29, 0.717) is 24.7 Å². The zero-order valence-corrected chi connectivity index (χ0v) is 13.4. The number of nitrogens with one attached hydrogen (secondary N) is 1. The number of benzene rings is 2. The van der Waals surface area contributed by atoms with Crippen molar-refractivity contribution in [2.75, 3.05) is 7.11 Å². The van der Waals surface area contributed by atoms with E-state index >= 15 is 0 Å². The molecule has 1 N–H and O–H groups in total. The Kier molecular flexibility index (Phi) is 5.03. The van der Waals surface area contributed by atoms with Crippen LogP contribution in [0.4, 0.5) is 0 Å². The van der Waals surface area contributed by atoms with Gasteiger partial charge < -0.3 is 14.5 Å². The number of hydrogen-bond donors (Lipinski definition) is 1. The largest absolute Gasteiger partial charge is 0.489 e. The van der Waals surface area contributed by atoms with Crippen molar-refractivity contribution in [1.82, 2.24) is 9.97 Å². The molecule has 0 saturated heterocycles. The van der Waals surface area contributed by atoms with Crippen molar-refractivity contribution in [2.24, 2.45) is 0 Å². The zero-order chi connectivity index (χ0) is 16.8. The fraction of sp³-hybridized carbons (Fsp3) is 0.158. The molecule has 0 atom stereocenters. The molecule has 2 aromatic carbocycles. The van der Waals surface area contributed by atoms with E-state index in [1.165, 1.54) is 6.07 Å². The summed E-state index contributed by atoms with van der Waals surface area (Å²) >= 11 is 0. The SMILES string of the molecule is COCc1cc(=O)[nH]c(-c2ccc(OCc3ccccc3)cc2)n1. The number of aromatic nitrogens is 2. The Balaban J connectivity index is 1.73. The lowest BCUT2D eigenvalue weighted by molar-refractivity contribution is 0.181. The molecule has 0 spiro atoms. The van der Waals surface area contributed by atoms with Crippen LogP contribution >= 0.6 is 0 Å². The van der Waals surface area contributed by atoms with Gasteiger partial charge in [-0.2, -0.15) is 0 Å². The van der Waals surface area contributed by atoms with Crippen molar-refractivity contribution in [3.63, 3.8) is 0 Å². The molecule has 5 heteroatoms. The van der Waals surface area contributed by atoms with Crippen LogP contribution < -0.4 is 10.3 Å². The lowest BCUT2D eigenvalue weighted by Crippen LogP contribution is -2.10. The normalized spacial score (nSPS) is 10.5. The van der Waals surface area contributed by atoms with Gasteiger partial charge in [-0.15, -0.1) is 0 Å². The van der Waals surface area contributed by atoms with Crippen molar-refractivity contribution in [1.29, 1.82) is 0 Å². The van der Waals surface area contributed by atoms with Crippen LogP contribution in [-0.4, -0.2) is 17.1 Å². The number of H-pyrrole nitrogens is 1. The lowest BCUT2D eigenvalue weighted by atomic mass is 10.2. The summed E-state index contributed by atoms with van der Waals surface area (Å²) in [5, 5.41) is 0. The summed E-state index contributed by atoms with van der Waals surface area (Å²) in [5.41, 5.74) is 2.33. The van der Waals surface area contributed by atoms with E-state index in [2.05, 4.69) is 9.97 Å². The Bertz CT molecular complexity index is 842.